The molecular formula is C16H25ClN2O3. The van der Waals surface area contributed by atoms with Gasteiger partial charge in [-0.2, -0.15) is 0 Å². The van der Waals surface area contributed by atoms with Crippen LogP contribution >= 0.6 is 12.4 Å². The lowest BCUT2D eigenvalue weighted by atomic mass is 9.80. The van der Waals surface area contributed by atoms with E-state index >= 15 is 0 Å². The van der Waals surface area contributed by atoms with E-state index in [0.29, 0.717) is 24.6 Å². The zero-order valence-corrected chi connectivity index (χ0v) is 14.2. The molecule has 6 heteroatoms. The molecule has 1 fully saturated rings. The predicted octanol–water partition coefficient (Wildman–Crippen LogP) is 2.08. The van der Waals surface area contributed by atoms with Gasteiger partial charge in [-0.1, -0.05) is 26.0 Å². The molecule has 1 saturated heterocycles. The molecule has 0 aromatic heterocycles. The van der Waals surface area contributed by atoms with Crippen molar-refractivity contribution in [3.63, 3.8) is 0 Å². The van der Waals surface area contributed by atoms with Crippen molar-refractivity contribution in [2.75, 3.05) is 26.8 Å². The normalized spacial score (nSPS) is 20.0. The van der Waals surface area contributed by atoms with E-state index in [1.54, 1.807) is 13.2 Å². The minimum absolute atomic E-state index is 0. The molecule has 0 bridgehead atoms. The number of para-hydroxylation sites is 2. The molecular weight excluding hydrogens is 304 g/mol. The SMILES string of the molecule is COc1ccccc1OCC(=O)N1CCC(N)C(C)(C)C1.Cl. The summed E-state index contributed by atoms with van der Waals surface area (Å²) < 4.78 is 10.8. The number of hydrogen-bond donors (Lipinski definition) is 1. The van der Waals surface area contributed by atoms with Gasteiger partial charge in [0.05, 0.1) is 7.11 Å². The summed E-state index contributed by atoms with van der Waals surface area (Å²) >= 11 is 0. The molecule has 0 aliphatic carbocycles. The molecule has 1 aliphatic rings. The van der Waals surface area contributed by atoms with Crippen LogP contribution in [-0.2, 0) is 4.79 Å². The zero-order valence-electron chi connectivity index (χ0n) is 13.4. The van der Waals surface area contributed by atoms with Gasteiger partial charge in [0.1, 0.15) is 0 Å². The highest BCUT2D eigenvalue weighted by Gasteiger charge is 2.35. The summed E-state index contributed by atoms with van der Waals surface area (Å²) in [7, 11) is 1.58. The molecule has 1 aliphatic heterocycles. The van der Waals surface area contributed by atoms with Crippen LogP contribution in [0, 0.1) is 5.41 Å². The Labute approximate surface area is 138 Å². The van der Waals surface area contributed by atoms with Crippen molar-refractivity contribution in [1.82, 2.24) is 4.90 Å². The third-order valence-electron chi connectivity index (χ3n) is 4.09. The number of carbonyl (C=O) groups excluding carboxylic acids is 1. The second-order valence-corrected chi connectivity index (χ2v) is 6.14. The van der Waals surface area contributed by atoms with E-state index in [4.69, 9.17) is 15.2 Å². The molecule has 22 heavy (non-hydrogen) atoms. The van der Waals surface area contributed by atoms with Crippen molar-refractivity contribution in [2.24, 2.45) is 11.1 Å². The number of carbonyl (C=O) groups is 1. The third kappa shape index (κ3) is 4.27. The number of ether oxygens (including phenoxy) is 2. The Morgan fingerprint density at radius 1 is 1.36 bits per heavy atom. The fraction of sp³-hybridized carbons (Fsp3) is 0.562. The van der Waals surface area contributed by atoms with Gasteiger partial charge in [-0.15, -0.1) is 12.4 Å². The van der Waals surface area contributed by atoms with Crippen molar-refractivity contribution in [3.05, 3.63) is 24.3 Å². The molecule has 0 saturated carbocycles. The standard InChI is InChI=1S/C16H24N2O3.ClH/c1-16(2)11-18(9-8-14(16)17)15(19)10-21-13-7-5-4-6-12(13)20-3;/h4-7,14H,8-11,17H2,1-3H3;1H. The van der Waals surface area contributed by atoms with E-state index in [0.717, 1.165) is 6.42 Å². The third-order valence-corrected chi connectivity index (χ3v) is 4.09. The molecule has 0 radical (unpaired) electrons. The summed E-state index contributed by atoms with van der Waals surface area (Å²) in [5, 5.41) is 0. The lowest BCUT2D eigenvalue weighted by molar-refractivity contribution is -0.136. The highest BCUT2D eigenvalue weighted by atomic mass is 35.5. The number of halogens is 1. The Bertz CT molecular complexity index is 508. The average Bonchev–Trinajstić information content (AvgIpc) is 2.47. The molecule has 1 aromatic carbocycles. The van der Waals surface area contributed by atoms with Gasteiger partial charge < -0.3 is 20.1 Å². The summed E-state index contributed by atoms with van der Waals surface area (Å²) in [5.41, 5.74) is 6.03. The molecule has 124 valence electrons. The van der Waals surface area contributed by atoms with Crippen molar-refractivity contribution >= 4 is 18.3 Å². The number of nitrogens with zero attached hydrogens (tertiary/aromatic N) is 1. The summed E-state index contributed by atoms with van der Waals surface area (Å²) in [5.74, 6) is 1.20. The summed E-state index contributed by atoms with van der Waals surface area (Å²) in [6.45, 7) is 5.57. The van der Waals surface area contributed by atoms with Gasteiger partial charge in [0.15, 0.2) is 18.1 Å². The highest BCUT2D eigenvalue weighted by molar-refractivity contribution is 5.85. The number of benzene rings is 1. The second-order valence-electron chi connectivity index (χ2n) is 6.14. The predicted molar refractivity (Wildman–Crippen MR) is 88.7 cm³/mol. The van der Waals surface area contributed by atoms with Crippen LogP contribution in [0.3, 0.4) is 0 Å². The van der Waals surface area contributed by atoms with E-state index in [1.807, 2.05) is 23.1 Å². The van der Waals surface area contributed by atoms with Crippen molar-refractivity contribution < 1.29 is 14.3 Å². The Hall–Kier alpha value is -1.46. The summed E-state index contributed by atoms with van der Waals surface area (Å²) in [6.07, 6.45) is 0.827. The van der Waals surface area contributed by atoms with Gasteiger partial charge in [-0.05, 0) is 24.0 Å². The Morgan fingerprint density at radius 3 is 2.59 bits per heavy atom. The molecule has 1 atom stereocenters. The minimum Gasteiger partial charge on any atom is -0.493 e. The maximum atomic E-state index is 12.3. The number of amides is 1. The van der Waals surface area contributed by atoms with Gasteiger partial charge in [0.2, 0.25) is 0 Å². The fourth-order valence-corrected chi connectivity index (χ4v) is 2.56. The van der Waals surface area contributed by atoms with Crippen molar-refractivity contribution in [1.29, 1.82) is 0 Å². The molecule has 2 N–H and O–H groups in total. The first-order chi connectivity index (χ1) is 9.94. The van der Waals surface area contributed by atoms with Gasteiger partial charge in [-0.25, -0.2) is 0 Å². The maximum absolute atomic E-state index is 12.3. The lowest BCUT2D eigenvalue weighted by Gasteiger charge is -2.42. The highest BCUT2D eigenvalue weighted by Crippen LogP contribution is 2.28. The number of piperidine rings is 1. The minimum atomic E-state index is -0.0572. The van der Waals surface area contributed by atoms with Gasteiger partial charge >= 0.3 is 0 Å². The summed E-state index contributed by atoms with van der Waals surface area (Å²) in [4.78, 5) is 14.1. The van der Waals surface area contributed by atoms with E-state index in [-0.39, 0.29) is 36.4 Å². The van der Waals surface area contributed by atoms with E-state index in [1.165, 1.54) is 0 Å². The van der Waals surface area contributed by atoms with Crippen LogP contribution in [0.2, 0.25) is 0 Å². The topological polar surface area (TPSA) is 64.8 Å². The Kier molecular flexibility index (Phi) is 6.50. The van der Waals surface area contributed by atoms with Crippen LogP contribution in [0.15, 0.2) is 24.3 Å². The van der Waals surface area contributed by atoms with Crippen molar-refractivity contribution in [2.45, 2.75) is 26.3 Å². The van der Waals surface area contributed by atoms with Gasteiger partial charge in [0.25, 0.3) is 5.91 Å². The molecule has 0 spiro atoms. The summed E-state index contributed by atoms with van der Waals surface area (Å²) in [6, 6.07) is 7.45. The van der Waals surface area contributed by atoms with Crippen LogP contribution in [0.5, 0.6) is 11.5 Å². The number of methoxy groups -OCH3 is 1. The Morgan fingerprint density at radius 2 is 2.00 bits per heavy atom. The number of nitrogens with two attached hydrogens (primary N) is 1. The van der Waals surface area contributed by atoms with E-state index in [2.05, 4.69) is 13.8 Å². The van der Waals surface area contributed by atoms with Gasteiger partial charge in [0, 0.05) is 19.1 Å². The van der Waals surface area contributed by atoms with E-state index < -0.39 is 0 Å². The van der Waals surface area contributed by atoms with Crippen molar-refractivity contribution in [3.8, 4) is 11.5 Å². The molecule has 1 amide bonds. The van der Waals surface area contributed by atoms with E-state index in [9.17, 15) is 4.79 Å². The van der Waals surface area contributed by atoms with Gasteiger partial charge in [-0.3, -0.25) is 4.79 Å². The quantitative estimate of drug-likeness (QED) is 0.919. The fourth-order valence-electron chi connectivity index (χ4n) is 2.56. The average molecular weight is 329 g/mol. The first kappa shape index (κ1) is 18.6. The molecule has 1 unspecified atom stereocenters. The number of hydrogen-bond acceptors (Lipinski definition) is 4. The zero-order chi connectivity index (χ0) is 15.5. The molecule has 1 aromatic rings. The first-order valence-corrected chi connectivity index (χ1v) is 7.23. The smallest absolute Gasteiger partial charge is 0.260 e. The largest absolute Gasteiger partial charge is 0.493 e. The van der Waals surface area contributed by atoms with Crippen LogP contribution in [-0.4, -0.2) is 43.7 Å². The second kappa shape index (κ2) is 7.70. The van der Waals surface area contributed by atoms with Crippen LogP contribution in [0.1, 0.15) is 20.3 Å². The van der Waals surface area contributed by atoms with Crippen LogP contribution in [0.4, 0.5) is 0 Å². The first-order valence-electron chi connectivity index (χ1n) is 7.23. The molecule has 2 rings (SSSR count). The number of rotatable bonds is 4. The molecule has 5 nitrogen and oxygen atoms in total. The maximum Gasteiger partial charge on any atom is 0.260 e. The molecule has 1 heterocycles. The Balaban J connectivity index is 0.00000242. The lowest BCUT2D eigenvalue weighted by Crippen LogP contribution is -2.54. The number of likely N-dealkylation sites (tertiary alicyclic amines) is 1. The monoisotopic (exact) mass is 328 g/mol. The van der Waals surface area contributed by atoms with Crippen LogP contribution in [0.25, 0.3) is 0 Å². The van der Waals surface area contributed by atoms with Crippen LogP contribution < -0.4 is 15.2 Å².